The van der Waals surface area contributed by atoms with E-state index in [1.54, 1.807) is 12.1 Å². The molecule has 0 radical (unpaired) electrons. The van der Waals surface area contributed by atoms with Gasteiger partial charge in [-0.3, -0.25) is 4.79 Å². The molecule has 4 rings (SSSR count). The molecule has 152 valence electrons. The molecule has 2 aromatic heterocycles. The maximum Gasteiger partial charge on any atom is 0.243 e. The third-order valence-electron chi connectivity index (χ3n) is 4.99. The second kappa shape index (κ2) is 8.20. The van der Waals surface area contributed by atoms with Crippen molar-refractivity contribution >= 4 is 39.0 Å². The molecule has 0 aliphatic rings. The van der Waals surface area contributed by atoms with Gasteiger partial charge in [-0.25, -0.2) is 14.4 Å². The fourth-order valence-electron chi connectivity index (χ4n) is 3.47. The van der Waals surface area contributed by atoms with E-state index in [1.807, 2.05) is 49.4 Å². The number of anilines is 2. The summed E-state index contributed by atoms with van der Waals surface area (Å²) in [5.74, 6) is 0.257. The second-order valence-electron chi connectivity index (χ2n) is 7.20. The number of benzene rings is 2. The van der Waals surface area contributed by atoms with Crippen LogP contribution in [0.5, 0.6) is 0 Å². The molecule has 0 bridgehead atoms. The number of para-hydroxylation sites is 1. The minimum atomic E-state index is -0.282. The van der Waals surface area contributed by atoms with Gasteiger partial charge >= 0.3 is 0 Å². The fraction of sp³-hybridized carbons (Fsp3) is 0.174. The average molecular weight is 421 g/mol. The van der Waals surface area contributed by atoms with Crippen molar-refractivity contribution in [3.63, 3.8) is 0 Å². The lowest BCUT2D eigenvalue weighted by Gasteiger charge is -2.20. The van der Waals surface area contributed by atoms with Crippen LogP contribution in [-0.2, 0) is 4.79 Å². The Balaban J connectivity index is 1.63. The number of carbonyl (C=O) groups excluding carboxylic acids is 1. The highest BCUT2D eigenvalue weighted by Crippen LogP contribution is 2.37. The smallest absolute Gasteiger partial charge is 0.243 e. The molecule has 4 aromatic rings. The summed E-state index contributed by atoms with van der Waals surface area (Å²) in [5, 5.41) is 5.86. The van der Waals surface area contributed by atoms with Gasteiger partial charge < -0.3 is 10.2 Å². The zero-order valence-electron chi connectivity index (χ0n) is 16.9. The Morgan fingerprint density at radius 3 is 2.50 bits per heavy atom. The number of nitrogens with zero attached hydrogens (tertiary/aromatic N) is 3. The van der Waals surface area contributed by atoms with Crippen LogP contribution in [0.15, 0.2) is 54.2 Å². The van der Waals surface area contributed by atoms with Crippen LogP contribution in [0.4, 0.5) is 15.9 Å². The van der Waals surface area contributed by atoms with Crippen LogP contribution in [0.1, 0.15) is 11.1 Å². The van der Waals surface area contributed by atoms with E-state index in [0.29, 0.717) is 5.82 Å². The normalized spacial score (nSPS) is 10.9. The van der Waals surface area contributed by atoms with Gasteiger partial charge in [-0.15, -0.1) is 11.3 Å². The molecule has 0 aliphatic heterocycles. The largest absolute Gasteiger partial charge is 0.350 e. The Kier molecular flexibility index (Phi) is 5.46. The second-order valence-corrected chi connectivity index (χ2v) is 8.06. The van der Waals surface area contributed by atoms with Crippen LogP contribution < -0.4 is 10.2 Å². The third kappa shape index (κ3) is 3.89. The first-order valence-corrected chi connectivity index (χ1v) is 10.4. The van der Waals surface area contributed by atoms with E-state index in [1.165, 1.54) is 29.8 Å². The SMILES string of the molecule is Cc1cccc(C)c1NC(=O)CN(C)c1ncnc2scc(-c3ccc(F)cc3)c12. The minimum absolute atomic E-state index is 0.125. The van der Waals surface area contributed by atoms with Gasteiger partial charge in [0.1, 0.15) is 22.8 Å². The van der Waals surface area contributed by atoms with Crippen LogP contribution in [0.3, 0.4) is 0 Å². The number of carbonyl (C=O) groups is 1. The van der Waals surface area contributed by atoms with Gasteiger partial charge in [-0.2, -0.15) is 0 Å². The molecule has 1 N–H and O–H groups in total. The summed E-state index contributed by atoms with van der Waals surface area (Å²) in [7, 11) is 1.83. The van der Waals surface area contributed by atoms with Crippen molar-refractivity contribution in [2.24, 2.45) is 0 Å². The van der Waals surface area contributed by atoms with E-state index < -0.39 is 0 Å². The highest BCUT2D eigenvalue weighted by molar-refractivity contribution is 7.17. The maximum atomic E-state index is 13.4. The first-order valence-electron chi connectivity index (χ1n) is 9.49. The molecule has 7 heteroatoms. The Labute approximate surface area is 178 Å². The lowest BCUT2D eigenvalue weighted by Crippen LogP contribution is -2.31. The number of likely N-dealkylation sites (N-methyl/N-ethyl adjacent to an activating group) is 1. The van der Waals surface area contributed by atoms with Gasteiger partial charge in [0.2, 0.25) is 5.91 Å². The Morgan fingerprint density at radius 2 is 1.80 bits per heavy atom. The van der Waals surface area contributed by atoms with Crippen LogP contribution >= 0.6 is 11.3 Å². The zero-order valence-corrected chi connectivity index (χ0v) is 17.8. The van der Waals surface area contributed by atoms with Gasteiger partial charge in [-0.1, -0.05) is 30.3 Å². The first-order chi connectivity index (χ1) is 14.4. The van der Waals surface area contributed by atoms with Gasteiger partial charge in [0.25, 0.3) is 0 Å². The topological polar surface area (TPSA) is 58.1 Å². The number of hydrogen-bond acceptors (Lipinski definition) is 5. The number of amides is 1. The molecule has 2 heterocycles. The van der Waals surface area contributed by atoms with Crippen molar-refractivity contribution in [3.8, 4) is 11.1 Å². The van der Waals surface area contributed by atoms with E-state index in [0.717, 1.165) is 38.2 Å². The van der Waals surface area contributed by atoms with Crippen molar-refractivity contribution in [1.82, 2.24) is 9.97 Å². The summed E-state index contributed by atoms with van der Waals surface area (Å²) in [4.78, 5) is 24.2. The number of rotatable bonds is 5. The summed E-state index contributed by atoms with van der Waals surface area (Å²) in [6.07, 6.45) is 1.50. The van der Waals surface area contributed by atoms with Crippen LogP contribution in [0, 0.1) is 19.7 Å². The maximum absolute atomic E-state index is 13.4. The molecule has 0 atom stereocenters. The van der Waals surface area contributed by atoms with Crippen molar-refractivity contribution in [2.75, 3.05) is 23.8 Å². The number of halogens is 1. The monoisotopic (exact) mass is 420 g/mol. The molecule has 0 spiro atoms. The van der Waals surface area contributed by atoms with Gasteiger partial charge in [0.05, 0.1) is 11.9 Å². The van der Waals surface area contributed by atoms with Crippen molar-refractivity contribution in [1.29, 1.82) is 0 Å². The van der Waals surface area contributed by atoms with Crippen molar-refractivity contribution in [2.45, 2.75) is 13.8 Å². The van der Waals surface area contributed by atoms with Gasteiger partial charge in [0.15, 0.2) is 0 Å². The summed E-state index contributed by atoms with van der Waals surface area (Å²) in [5.41, 5.74) is 4.68. The Morgan fingerprint density at radius 1 is 1.10 bits per heavy atom. The summed E-state index contributed by atoms with van der Waals surface area (Å²) in [6.45, 7) is 4.08. The molecular formula is C23H21FN4OS. The standard InChI is InChI=1S/C23H21FN4OS/c1-14-5-4-6-15(2)21(14)27-19(29)11-28(3)22-20-18(12-30-23(20)26-13-25-22)16-7-9-17(24)10-8-16/h4-10,12-13H,11H2,1-3H3,(H,27,29). The quantitative estimate of drug-likeness (QED) is 0.483. The number of aromatic nitrogens is 2. The number of aryl methyl sites for hydroxylation is 2. The molecule has 0 saturated heterocycles. The predicted molar refractivity (Wildman–Crippen MR) is 121 cm³/mol. The molecule has 0 saturated carbocycles. The third-order valence-corrected chi connectivity index (χ3v) is 5.88. The van der Waals surface area contributed by atoms with E-state index in [2.05, 4.69) is 15.3 Å². The van der Waals surface area contributed by atoms with E-state index in [-0.39, 0.29) is 18.3 Å². The summed E-state index contributed by atoms with van der Waals surface area (Å²) < 4.78 is 13.4. The van der Waals surface area contributed by atoms with Gasteiger partial charge in [0, 0.05) is 23.7 Å². The first kappa shape index (κ1) is 20.0. The number of fused-ring (bicyclic) bond motifs is 1. The van der Waals surface area contributed by atoms with E-state index in [4.69, 9.17) is 0 Å². The average Bonchev–Trinajstić information content (AvgIpc) is 3.15. The summed E-state index contributed by atoms with van der Waals surface area (Å²) in [6, 6.07) is 12.3. The molecule has 0 unspecified atom stereocenters. The number of thiophene rings is 1. The lowest BCUT2D eigenvalue weighted by atomic mass is 10.1. The predicted octanol–water partition coefficient (Wildman–Crippen LogP) is 5.19. The molecule has 5 nitrogen and oxygen atoms in total. The highest BCUT2D eigenvalue weighted by Gasteiger charge is 2.18. The van der Waals surface area contributed by atoms with Gasteiger partial charge in [-0.05, 0) is 42.7 Å². The van der Waals surface area contributed by atoms with E-state index >= 15 is 0 Å². The van der Waals surface area contributed by atoms with Crippen LogP contribution in [0.25, 0.3) is 21.3 Å². The summed E-state index contributed by atoms with van der Waals surface area (Å²) >= 11 is 1.50. The molecule has 2 aromatic carbocycles. The number of nitrogens with one attached hydrogen (secondary N) is 1. The minimum Gasteiger partial charge on any atom is -0.350 e. The van der Waals surface area contributed by atoms with Crippen molar-refractivity contribution in [3.05, 3.63) is 71.1 Å². The Bertz CT molecular complexity index is 1200. The highest BCUT2D eigenvalue weighted by atomic mass is 32.1. The lowest BCUT2D eigenvalue weighted by molar-refractivity contribution is -0.114. The molecule has 30 heavy (non-hydrogen) atoms. The number of hydrogen-bond donors (Lipinski definition) is 1. The Hall–Kier alpha value is -3.32. The molecule has 1 amide bonds. The molecule has 0 fully saturated rings. The fourth-order valence-corrected chi connectivity index (χ4v) is 4.38. The molecule has 0 aliphatic carbocycles. The van der Waals surface area contributed by atoms with Crippen LogP contribution in [0.2, 0.25) is 0 Å². The van der Waals surface area contributed by atoms with Crippen molar-refractivity contribution < 1.29 is 9.18 Å². The van der Waals surface area contributed by atoms with Crippen LogP contribution in [-0.4, -0.2) is 29.5 Å². The zero-order chi connectivity index (χ0) is 21.3. The molecular weight excluding hydrogens is 399 g/mol. The van der Waals surface area contributed by atoms with E-state index in [9.17, 15) is 9.18 Å².